The molecule has 0 spiro atoms. The van der Waals surface area contributed by atoms with Crippen LogP contribution in [0.15, 0.2) is 0 Å². The first-order valence-corrected chi connectivity index (χ1v) is 17.9. The van der Waals surface area contributed by atoms with E-state index in [1.807, 2.05) is 0 Å². The Balaban J connectivity index is 3.94. The Morgan fingerprint density at radius 2 is 0.878 bits per heavy atom. The van der Waals surface area contributed by atoms with Crippen molar-refractivity contribution in [3.63, 3.8) is 0 Å². The molecule has 2 unspecified atom stereocenters. The van der Waals surface area contributed by atoms with Gasteiger partial charge in [-0.3, -0.25) is 9.59 Å². The number of esters is 2. The van der Waals surface area contributed by atoms with Crippen LogP contribution in [0.1, 0.15) is 177 Å². The monoisotopic (exact) mass is 581 g/mol. The third-order valence-corrected chi connectivity index (χ3v) is 8.59. The van der Waals surface area contributed by atoms with Crippen molar-refractivity contribution in [3.05, 3.63) is 0 Å². The number of ether oxygens (including phenoxy) is 2. The maximum Gasteiger partial charge on any atom is 0.309 e. The van der Waals surface area contributed by atoms with Crippen molar-refractivity contribution in [1.29, 1.82) is 0 Å². The predicted octanol–water partition coefficient (Wildman–Crippen LogP) is 11.3. The minimum absolute atomic E-state index is 0.0117. The largest absolute Gasteiger partial charge is 0.466 e. The Labute approximate surface area is 256 Å². The van der Waals surface area contributed by atoms with Crippen LogP contribution in [-0.2, 0) is 19.1 Å². The number of hydrogen-bond acceptors (Lipinski definition) is 4. The average molecular weight is 581 g/mol. The average Bonchev–Trinajstić information content (AvgIpc) is 2.89. The van der Waals surface area contributed by atoms with Crippen molar-refractivity contribution in [1.82, 2.24) is 0 Å². The lowest BCUT2D eigenvalue weighted by Crippen LogP contribution is -2.33. The van der Waals surface area contributed by atoms with E-state index in [2.05, 4.69) is 55.4 Å². The molecule has 0 amide bonds. The first-order chi connectivity index (χ1) is 19.6. The number of carbonyl (C=O) groups excluding carboxylic acids is 2. The van der Waals surface area contributed by atoms with E-state index in [0.29, 0.717) is 37.4 Å². The van der Waals surface area contributed by atoms with Crippen LogP contribution < -0.4 is 0 Å². The molecule has 0 aliphatic rings. The number of carbonyl (C=O) groups is 2. The van der Waals surface area contributed by atoms with Gasteiger partial charge in [0.15, 0.2) is 0 Å². The molecule has 0 aliphatic carbocycles. The fourth-order valence-electron chi connectivity index (χ4n) is 5.95. The summed E-state index contributed by atoms with van der Waals surface area (Å²) in [5.74, 6) is 2.76. The highest BCUT2D eigenvalue weighted by Crippen LogP contribution is 2.33. The lowest BCUT2D eigenvalue weighted by molar-refractivity contribution is -0.153. The van der Waals surface area contributed by atoms with Gasteiger partial charge in [0.2, 0.25) is 0 Å². The molecule has 0 saturated carbocycles. The van der Waals surface area contributed by atoms with Crippen molar-refractivity contribution in [2.24, 2.45) is 35.5 Å². The van der Waals surface area contributed by atoms with Gasteiger partial charge in [-0.15, -0.1) is 0 Å². The second kappa shape index (κ2) is 26.6. The fraction of sp³-hybridized carbons (Fsp3) is 0.946. The smallest absolute Gasteiger partial charge is 0.309 e. The van der Waals surface area contributed by atoms with E-state index in [0.717, 1.165) is 56.8 Å². The summed E-state index contributed by atoms with van der Waals surface area (Å²) in [5, 5.41) is 0. The number of rotatable bonds is 28. The topological polar surface area (TPSA) is 52.6 Å². The highest BCUT2D eigenvalue weighted by molar-refractivity contribution is 5.73. The molecule has 0 heterocycles. The van der Waals surface area contributed by atoms with Crippen LogP contribution in [-0.4, -0.2) is 25.2 Å². The van der Waals surface area contributed by atoms with Crippen molar-refractivity contribution < 1.29 is 19.1 Å². The zero-order valence-corrected chi connectivity index (χ0v) is 28.9. The third kappa shape index (κ3) is 24.1. The molecule has 0 N–H and O–H groups in total. The molecule has 244 valence electrons. The second-order valence-electron chi connectivity index (χ2n) is 14.3. The highest BCUT2D eigenvalue weighted by Gasteiger charge is 2.33. The summed E-state index contributed by atoms with van der Waals surface area (Å²) < 4.78 is 11.2. The molecule has 0 aliphatic heterocycles. The van der Waals surface area contributed by atoms with E-state index in [4.69, 9.17) is 9.47 Å². The second-order valence-corrected chi connectivity index (χ2v) is 14.3. The Morgan fingerprint density at radius 1 is 0.463 bits per heavy atom. The summed E-state index contributed by atoms with van der Waals surface area (Å²) in [6.07, 6.45) is 21.9. The molecule has 0 radical (unpaired) electrons. The van der Waals surface area contributed by atoms with Crippen LogP contribution >= 0.6 is 0 Å². The van der Waals surface area contributed by atoms with Gasteiger partial charge < -0.3 is 9.47 Å². The van der Waals surface area contributed by atoms with Crippen molar-refractivity contribution in [2.75, 3.05) is 13.2 Å². The molecule has 0 bridgehead atoms. The molecule has 0 aromatic carbocycles. The summed E-state index contributed by atoms with van der Waals surface area (Å²) in [4.78, 5) is 24.9. The van der Waals surface area contributed by atoms with E-state index in [1.54, 1.807) is 0 Å². The minimum Gasteiger partial charge on any atom is -0.466 e. The Bertz CT molecular complexity index is 610. The van der Waals surface area contributed by atoms with Crippen molar-refractivity contribution >= 4 is 11.9 Å². The van der Waals surface area contributed by atoms with E-state index >= 15 is 0 Å². The molecule has 0 aromatic rings. The maximum absolute atomic E-state index is 13.0. The fourth-order valence-corrected chi connectivity index (χ4v) is 5.95. The van der Waals surface area contributed by atoms with E-state index in [1.165, 1.54) is 70.6 Å². The van der Waals surface area contributed by atoms with Crippen LogP contribution in [0.4, 0.5) is 0 Å². The molecular weight excluding hydrogens is 508 g/mol. The van der Waals surface area contributed by atoms with Gasteiger partial charge in [-0.1, -0.05) is 145 Å². The first kappa shape index (κ1) is 39.9. The molecule has 41 heavy (non-hydrogen) atoms. The molecule has 0 saturated heterocycles. The van der Waals surface area contributed by atoms with Crippen LogP contribution in [0.25, 0.3) is 0 Å². The Morgan fingerprint density at radius 3 is 1.34 bits per heavy atom. The van der Waals surface area contributed by atoms with Gasteiger partial charge in [-0.25, -0.2) is 0 Å². The zero-order valence-electron chi connectivity index (χ0n) is 28.9. The predicted molar refractivity (Wildman–Crippen MR) is 176 cm³/mol. The standard InChI is InChI=1S/C37H72O4/c1-30(2)24-18-16-22-28-40-35(38)27-21-15-13-11-9-10-12-14-20-26-34(32(5)6)36(33(7)8)37(39)41-29-23-17-19-25-31(3)4/h30-34,36H,9-29H2,1-8H3. The van der Waals surface area contributed by atoms with Gasteiger partial charge in [0, 0.05) is 6.42 Å². The molecule has 4 nitrogen and oxygen atoms in total. The van der Waals surface area contributed by atoms with Gasteiger partial charge in [-0.05, 0) is 55.3 Å². The van der Waals surface area contributed by atoms with Gasteiger partial charge in [0.25, 0.3) is 0 Å². The van der Waals surface area contributed by atoms with E-state index in [9.17, 15) is 9.59 Å². The summed E-state index contributed by atoms with van der Waals surface area (Å²) >= 11 is 0. The lowest BCUT2D eigenvalue weighted by Gasteiger charge is -2.31. The van der Waals surface area contributed by atoms with Gasteiger partial charge in [0.05, 0.1) is 19.1 Å². The van der Waals surface area contributed by atoms with Crippen molar-refractivity contribution in [3.8, 4) is 0 Å². The normalized spacial score (nSPS) is 13.4. The summed E-state index contributed by atoms with van der Waals surface area (Å²) in [6.45, 7) is 19.1. The molecule has 4 heteroatoms. The maximum atomic E-state index is 13.0. The number of hydrogen-bond donors (Lipinski definition) is 0. The quantitative estimate of drug-likeness (QED) is 0.0682. The summed E-state index contributed by atoms with van der Waals surface area (Å²) in [7, 11) is 0. The van der Waals surface area contributed by atoms with Gasteiger partial charge in [0.1, 0.15) is 0 Å². The SMILES string of the molecule is CC(C)CCCCCOC(=O)CCCCCCCCCCCC(C(C)C)C(C(=O)OCCCCCC(C)C)C(C)C. The van der Waals surface area contributed by atoms with Crippen LogP contribution in [0.3, 0.4) is 0 Å². The highest BCUT2D eigenvalue weighted by atomic mass is 16.5. The van der Waals surface area contributed by atoms with Crippen LogP contribution in [0, 0.1) is 35.5 Å². The molecular formula is C37H72O4. The summed E-state index contributed by atoms with van der Waals surface area (Å²) in [5.41, 5.74) is 0. The zero-order chi connectivity index (χ0) is 30.9. The Kier molecular flexibility index (Phi) is 25.9. The van der Waals surface area contributed by atoms with Crippen LogP contribution in [0.2, 0.25) is 0 Å². The first-order valence-electron chi connectivity index (χ1n) is 17.9. The van der Waals surface area contributed by atoms with Gasteiger partial charge in [-0.2, -0.15) is 0 Å². The van der Waals surface area contributed by atoms with E-state index < -0.39 is 0 Å². The van der Waals surface area contributed by atoms with Crippen LogP contribution in [0.5, 0.6) is 0 Å². The molecule has 0 rings (SSSR count). The number of unbranched alkanes of at least 4 members (excludes halogenated alkanes) is 12. The lowest BCUT2D eigenvalue weighted by atomic mass is 9.74. The molecule has 2 atom stereocenters. The third-order valence-electron chi connectivity index (χ3n) is 8.59. The van der Waals surface area contributed by atoms with E-state index in [-0.39, 0.29) is 17.9 Å². The Hall–Kier alpha value is -1.06. The summed E-state index contributed by atoms with van der Waals surface area (Å²) in [6, 6.07) is 0. The van der Waals surface area contributed by atoms with Crippen molar-refractivity contribution in [2.45, 2.75) is 177 Å². The molecule has 0 fully saturated rings. The van der Waals surface area contributed by atoms with Gasteiger partial charge >= 0.3 is 11.9 Å². The molecule has 0 aromatic heterocycles. The minimum atomic E-state index is -0.0152.